The minimum Gasteiger partial charge on any atom is -0.346 e. The molecule has 3 rings (SSSR count). The fourth-order valence-corrected chi connectivity index (χ4v) is 4.45. The number of sulfonamides is 1. The molecule has 1 saturated heterocycles. The normalized spacial score (nSPS) is 19.3. The van der Waals surface area contributed by atoms with Gasteiger partial charge in [-0.15, -0.1) is 0 Å². The van der Waals surface area contributed by atoms with Gasteiger partial charge in [-0.1, -0.05) is 41.7 Å². The number of benzene rings is 1. The second kappa shape index (κ2) is 6.36. The van der Waals surface area contributed by atoms with Gasteiger partial charge in [-0.3, -0.25) is 0 Å². The number of nitrogens with one attached hydrogen (secondary N) is 1. The third-order valence-electron chi connectivity index (χ3n) is 3.62. The van der Waals surface area contributed by atoms with Crippen molar-refractivity contribution in [3.05, 3.63) is 36.5 Å². The fraction of sp³-hybridized carbons (Fsp3) is 0.400. The molecule has 22 heavy (non-hydrogen) atoms. The highest BCUT2D eigenvalue weighted by Crippen LogP contribution is 2.32. The van der Waals surface area contributed by atoms with Crippen molar-refractivity contribution in [1.82, 2.24) is 9.71 Å². The first-order valence-corrected chi connectivity index (χ1v) is 9.95. The highest BCUT2D eigenvalue weighted by molar-refractivity contribution is 7.88. The number of hydrogen-bond donors (Lipinski definition) is 1. The molecule has 7 heteroatoms. The van der Waals surface area contributed by atoms with E-state index < -0.39 is 10.0 Å². The molecule has 2 heterocycles. The average Bonchev–Trinajstić information content (AvgIpc) is 2.96. The van der Waals surface area contributed by atoms with Crippen LogP contribution in [0.25, 0.3) is 10.4 Å². The molecule has 5 nitrogen and oxygen atoms in total. The predicted molar refractivity (Wildman–Crippen MR) is 90.8 cm³/mol. The maximum atomic E-state index is 11.4. The van der Waals surface area contributed by atoms with Crippen molar-refractivity contribution in [3.63, 3.8) is 0 Å². The standard InChI is InChI=1S/C15H19N3O2S2/c1-22(19,20)17-13-8-5-9-18(11-13)15-16-10-14(21-15)12-6-3-2-4-7-12/h2-4,6-7,10,13,17H,5,8-9,11H2,1H3/t13-/m0/s1. The Balaban J connectivity index is 1.73. The molecule has 1 aromatic heterocycles. The molecule has 0 spiro atoms. The van der Waals surface area contributed by atoms with Gasteiger partial charge in [0.2, 0.25) is 10.0 Å². The van der Waals surface area contributed by atoms with Crippen LogP contribution < -0.4 is 9.62 Å². The van der Waals surface area contributed by atoms with E-state index in [2.05, 4.69) is 26.7 Å². The molecule has 0 unspecified atom stereocenters. The van der Waals surface area contributed by atoms with Gasteiger partial charge in [0.05, 0.1) is 11.1 Å². The van der Waals surface area contributed by atoms with Crippen LogP contribution in [0.5, 0.6) is 0 Å². The Kier molecular flexibility index (Phi) is 4.46. The van der Waals surface area contributed by atoms with Crippen LogP contribution in [0.4, 0.5) is 5.13 Å². The molecule has 118 valence electrons. The van der Waals surface area contributed by atoms with Gasteiger partial charge in [0.15, 0.2) is 5.13 Å². The van der Waals surface area contributed by atoms with E-state index in [-0.39, 0.29) is 6.04 Å². The Hall–Kier alpha value is -1.44. The number of nitrogens with zero attached hydrogens (tertiary/aromatic N) is 2. The van der Waals surface area contributed by atoms with E-state index in [1.807, 2.05) is 24.4 Å². The van der Waals surface area contributed by atoms with Gasteiger partial charge in [-0.05, 0) is 18.4 Å². The van der Waals surface area contributed by atoms with E-state index >= 15 is 0 Å². The molecule has 1 atom stereocenters. The molecular formula is C15H19N3O2S2. The summed E-state index contributed by atoms with van der Waals surface area (Å²) in [6, 6.07) is 10.1. The lowest BCUT2D eigenvalue weighted by atomic mass is 10.1. The Morgan fingerprint density at radius 1 is 1.32 bits per heavy atom. The van der Waals surface area contributed by atoms with Gasteiger partial charge >= 0.3 is 0 Å². The lowest BCUT2D eigenvalue weighted by Crippen LogP contribution is -2.47. The number of rotatable bonds is 4. The highest BCUT2D eigenvalue weighted by atomic mass is 32.2. The van der Waals surface area contributed by atoms with E-state index in [4.69, 9.17) is 0 Å². The molecule has 1 fully saturated rings. The predicted octanol–water partition coefficient (Wildman–Crippen LogP) is 2.33. The molecule has 1 aliphatic heterocycles. The molecule has 0 saturated carbocycles. The van der Waals surface area contributed by atoms with Crippen molar-refractivity contribution in [1.29, 1.82) is 0 Å². The summed E-state index contributed by atoms with van der Waals surface area (Å²) in [5, 5.41) is 0.957. The van der Waals surface area contributed by atoms with Crippen LogP contribution in [0.1, 0.15) is 12.8 Å². The third kappa shape index (κ3) is 3.85. The minimum atomic E-state index is -3.16. The second-order valence-electron chi connectivity index (χ2n) is 5.55. The summed E-state index contributed by atoms with van der Waals surface area (Å²) in [5.41, 5.74) is 1.16. The van der Waals surface area contributed by atoms with Crippen molar-refractivity contribution in [2.75, 3.05) is 24.2 Å². The third-order valence-corrected chi connectivity index (χ3v) is 5.49. The number of aromatic nitrogens is 1. The first kappa shape index (κ1) is 15.5. The summed E-state index contributed by atoms with van der Waals surface area (Å²) in [6.07, 6.45) is 4.94. The first-order chi connectivity index (χ1) is 10.5. The van der Waals surface area contributed by atoms with E-state index in [1.54, 1.807) is 11.3 Å². The fourth-order valence-electron chi connectivity index (χ4n) is 2.70. The minimum absolute atomic E-state index is 0.0344. The molecule has 0 aliphatic carbocycles. The van der Waals surface area contributed by atoms with Gasteiger partial charge in [-0.2, -0.15) is 0 Å². The average molecular weight is 337 g/mol. The summed E-state index contributed by atoms with van der Waals surface area (Å²) in [6.45, 7) is 1.60. The topological polar surface area (TPSA) is 62.3 Å². The smallest absolute Gasteiger partial charge is 0.209 e. The van der Waals surface area contributed by atoms with Gasteiger partial charge in [-0.25, -0.2) is 18.1 Å². The van der Waals surface area contributed by atoms with E-state index in [1.165, 1.54) is 6.26 Å². The van der Waals surface area contributed by atoms with E-state index in [0.29, 0.717) is 6.54 Å². The summed E-state index contributed by atoms with van der Waals surface area (Å²) in [4.78, 5) is 7.82. The zero-order valence-corrected chi connectivity index (χ0v) is 14.0. The zero-order chi connectivity index (χ0) is 15.6. The summed E-state index contributed by atoms with van der Waals surface area (Å²) in [7, 11) is -3.16. The van der Waals surface area contributed by atoms with Crippen LogP contribution in [0, 0.1) is 0 Å². The molecule has 1 aromatic carbocycles. The van der Waals surface area contributed by atoms with Crippen LogP contribution >= 0.6 is 11.3 Å². The van der Waals surface area contributed by atoms with E-state index in [0.717, 1.165) is 35.0 Å². The largest absolute Gasteiger partial charge is 0.346 e. The lowest BCUT2D eigenvalue weighted by molar-refractivity contribution is 0.467. The van der Waals surface area contributed by atoms with Gasteiger partial charge in [0, 0.05) is 25.3 Å². The van der Waals surface area contributed by atoms with Gasteiger partial charge in [0.25, 0.3) is 0 Å². The van der Waals surface area contributed by atoms with Crippen LogP contribution in [0.15, 0.2) is 36.5 Å². The molecule has 1 N–H and O–H groups in total. The number of thiazole rings is 1. The van der Waals surface area contributed by atoms with Crippen molar-refractivity contribution in [2.24, 2.45) is 0 Å². The Bertz CT molecular complexity index is 728. The Morgan fingerprint density at radius 2 is 2.09 bits per heavy atom. The number of piperidine rings is 1. The molecule has 0 radical (unpaired) electrons. The quantitative estimate of drug-likeness (QED) is 0.930. The molecular weight excluding hydrogens is 318 g/mol. The van der Waals surface area contributed by atoms with Crippen LogP contribution in [-0.2, 0) is 10.0 Å². The van der Waals surface area contributed by atoms with Crippen LogP contribution in [0.3, 0.4) is 0 Å². The Morgan fingerprint density at radius 3 is 2.82 bits per heavy atom. The maximum absolute atomic E-state index is 11.4. The monoisotopic (exact) mass is 337 g/mol. The molecule has 2 aromatic rings. The second-order valence-corrected chi connectivity index (χ2v) is 8.34. The van der Waals surface area contributed by atoms with Crippen molar-refractivity contribution < 1.29 is 8.42 Å². The number of anilines is 1. The SMILES string of the molecule is CS(=O)(=O)N[C@H]1CCCN(c2ncc(-c3ccccc3)s2)C1. The van der Waals surface area contributed by atoms with E-state index in [9.17, 15) is 8.42 Å². The molecule has 1 aliphatic rings. The van der Waals surface area contributed by atoms with Crippen molar-refractivity contribution in [3.8, 4) is 10.4 Å². The van der Waals surface area contributed by atoms with Gasteiger partial charge in [0.1, 0.15) is 0 Å². The van der Waals surface area contributed by atoms with Crippen LogP contribution in [-0.4, -0.2) is 38.8 Å². The lowest BCUT2D eigenvalue weighted by Gasteiger charge is -2.32. The zero-order valence-electron chi connectivity index (χ0n) is 12.4. The molecule has 0 amide bonds. The van der Waals surface area contributed by atoms with Crippen LogP contribution in [0.2, 0.25) is 0 Å². The first-order valence-electron chi connectivity index (χ1n) is 7.25. The summed E-state index contributed by atoms with van der Waals surface area (Å²) >= 11 is 1.65. The Labute approximate surface area is 135 Å². The van der Waals surface area contributed by atoms with Crippen molar-refractivity contribution >= 4 is 26.5 Å². The summed E-state index contributed by atoms with van der Waals surface area (Å²) in [5.74, 6) is 0. The van der Waals surface area contributed by atoms with Gasteiger partial charge < -0.3 is 4.90 Å². The highest BCUT2D eigenvalue weighted by Gasteiger charge is 2.24. The maximum Gasteiger partial charge on any atom is 0.209 e. The molecule has 0 bridgehead atoms. The number of hydrogen-bond acceptors (Lipinski definition) is 5. The summed E-state index contributed by atoms with van der Waals surface area (Å²) < 4.78 is 25.5. The van der Waals surface area contributed by atoms with Crippen molar-refractivity contribution in [2.45, 2.75) is 18.9 Å².